The summed E-state index contributed by atoms with van der Waals surface area (Å²) in [6, 6.07) is 0. The first-order valence-electron chi connectivity index (χ1n) is 5.05. The number of aromatic nitrogens is 5. The lowest BCUT2D eigenvalue weighted by atomic mass is 10.1. The number of methoxy groups -OCH3 is 1. The van der Waals surface area contributed by atoms with Gasteiger partial charge in [-0.2, -0.15) is 20.4 Å². The molecule has 0 aromatic carbocycles. The summed E-state index contributed by atoms with van der Waals surface area (Å²) in [5, 5.41) is 13.7. The van der Waals surface area contributed by atoms with Crippen LogP contribution in [0.4, 0.5) is 0 Å². The first kappa shape index (κ1) is 9.94. The van der Waals surface area contributed by atoms with Crippen molar-refractivity contribution in [3.8, 4) is 11.5 Å². The Hall–Kier alpha value is -2.25. The molecule has 1 fully saturated rings. The fourth-order valence-electron chi connectivity index (χ4n) is 1.66. The fourth-order valence-corrected chi connectivity index (χ4v) is 1.66. The highest BCUT2D eigenvalue weighted by Crippen LogP contribution is 2.48. The molecule has 0 radical (unpaired) electrons. The maximum Gasteiger partial charge on any atom is 0.321 e. The second kappa shape index (κ2) is 3.37. The van der Waals surface area contributed by atoms with Crippen LogP contribution in [0.5, 0.6) is 0 Å². The van der Waals surface area contributed by atoms with E-state index in [1.54, 1.807) is 0 Å². The number of ether oxygens (including phenoxy) is 1. The van der Waals surface area contributed by atoms with Gasteiger partial charge in [-0.25, -0.2) is 0 Å². The van der Waals surface area contributed by atoms with Gasteiger partial charge in [0.1, 0.15) is 5.41 Å². The molecule has 0 bridgehead atoms. The third-order valence-electron chi connectivity index (χ3n) is 2.81. The summed E-state index contributed by atoms with van der Waals surface area (Å²) in [5.41, 5.74) is -0.273. The molecule has 88 valence electrons. The SMILES string of the molecule is COC(=O)C1(c2nc(-c3cn[nH]n3)no2)CC1. The minimum absolute atomic E-state index is 0.280. The molecule has 1 saturated carbocycles. The van der Waals surface area contributed by atoms with E-state index in [0.29, 0.717) is 24.4 Å². The summed E-state index contributed by atoms with van der Waals surface area (Å²) < 4.78 is 9.83. The third kappa shape index (κ3) is 1.41. The van der Waals surface area contributed by atoms with Crippen LogP contribution in [-0.2, 0) is 14.9 Å². The van der Waals surface area contributed by atoms with Crippen LogP contribution in [0.2, 0.25) is 0 Å². The maximum absolute atomic E-state index is 11.6. The van der Waals surface area contributed by atoms with Crippen LogP contribution >= 0.6 is 0 Å². The molecule has 1 aliphatic carbocycles. The Morgan fingerprint density at radius 2 is 2.41 bits per heavy atom. The van der Waals surface area contributed by atoms with Crippen molar-refractivity contribution in [2.75, 3.05) is 7.11 Å². The van der Waals surface area contributed by atoms with Gasteiger partial charge in [-0.1, -0.05) is 5.16 Å². The molecule has 8 nitrogen and oxygen atoms in total. The average molecular weight is 235 g/mol. The first-order valence-corrected chi connectivity index (χ1v) is 5.05. The molecule has 0 amide bonds. The molecule has 2 aromatic heterocycles. The number of nitrogens with zero attached hydrogens (tertiary/aromatic N) is 4. The van der Waals surface area contributed by atoms with Crippen molar-refractivity contribution in [3.05, 3.63) is 12.1 Å². The molecule has 0 atom stereocenters. The Morgan fingerprint density at radius 1 is 1.59 bits per heavy atom. The number of nitrogens with one attached hydrogen (secondary N) is 1. The van der Waals surface area contributed by atoms with E-state index in [0.717, 1.165) is 0 Å². The van der Waals surface area contributed by atoms with E-state index in [4.69, 9.17) is 9.26 Å². The van der Waals surface area contributed by atoms with E-state index >= 15 is 0 Å². The molecule has 0 spiro atoms. The standard InChI is InChI=1S/C9H9N5O3/c1-16-8(15)9(2-3-9)7-11-6(13-17-7)5-4-10-14-12-5/h4H,2-3H2,1H3,(H,10,12,14). The van der Waals surface area contributed by atoms with Crippen molar-refractivity contribution in [3.63, 3.8) is 0 Å². The van der Waals surface area contributed by atoms with E-state index in [1.807, 2.05) is 0 Å². The number of rotatable bonds is 3. The second-order valence-corrected chi connectivity index (χ2v) is 3.85. The third-order valence-corrected chi connectivity index (χ3v) is 2.81. The summed E-state index contributed by atoms with van der Waals surface area (Å²) in [6.07, 6.45) is 2.81. The minimum Gasteiger partial charge on any atom is -0.468 e. The number of carbonyl (C=O) groups is 1. The molecule has 3 rings (SSSR count). The lowest BCUT2D eigenvalue weighted by Gasteiger charge is -2.05. The molecule has 1 N–H and O–H groups in total. The van der Waals surface area contributed by atoms with E-state index < -0.39 is 5.41 Å². The van der Waals surface area contributed by atoms with Crippen molar-refractivity contribution >= 4 is 5.97 Å². The van der Waals surface area contributed by atoms with Gasteiger partial charge in [0.15, 0.2) is 5.69 Å². The molecule has 0 saturated heterocycles. The highest BCUT2D eigenvalue weighted by Gasteiger charge is 2.57. The maximum atomic E-state index is 11.6. The normalized spacial score (nSPS) is 16.8. The predicted molar refractivity (Wildman–Crippen MR) is 52.6 cm³/mol. The smallest absolute Gasteiger partial charge is 0.321 e. The highest BCUT2D eigenvalue weighted by atomic mass is 16.5. The van der Waals surface area contributed by atoms with Gasteiger partial charge in [0.25, 0.3) is 0 Å². The van der Waals surface area contributed by atoms with Crippen LogP contribution < -0.4 is 0 Å². The largest absolute Gasteiger partial charge is 0.468 e. The summed E-state index contributed by atoms with van der Waals surface area (Å²) in [7, 11) is 1.34. The van der Waals surface area contributed by atoms with Gasteiger partial charge in [0.2, 0.25) is 11.7 Å². The van der Waals surface area contributed by atoms with Crippen LogP contribution in [0.3, 0.4) is 0 Å². The number of hydrogen-bond acceptors (Lipinski definition) is 7. The number of hydrogen-bond donors (Lipinski definition) is 1. The van der Waals surface area contributed by atoms with Crippen molar-refractivity contribution in [1.82, 2.24) is 25.6 Å². The van der Waals surface area contributed by atoms with Gasteiger partial charge in [-0.3, -0.25) is 4.79 Å². The molecular weight excluding hydrogens is 226 g/mol. The van der Waals surface area contributed by atoms with Crippen LogP contribution in [0, 0.1) is 0 Å². The van der Waals surface area contributed by atoms with Crippen LogP contribution in [-0.4, -0.2) is 38.6 Å². The van der Waals surface area contributed by atoms with Gasteiger partial charge in [0.05, 0.1) is 13.3 Å². The average Bonchev–Trinajstić information content (AvgIpc) is 2.84. The Kier molecular flexibility index (Phi) is 1.97. The summed E-state index contributed by atoms with van der Waals surface area (Å²) in [4.78, 5) is 15.8. The number of esters is 1. The zero-order valence-electron chi connectivity index (χ0n) is 9.01. The summed E-state index contributed by atoms with van der Waals surface area (Å²) in [5.74, 6) is 0.249. The summed E-state index contributed by atoms with van der Waals surface area (Å²) >= 11 is 0. The Bertz CT molecular complexity index is 543. The van der Waals surface area contributed by atoms with E-state index in [1.165, 1.54) is 13.3 Å². The van der Waals surface area contributed by atoms with Gasteiger partial charge >= 0.3 is 5.97 Å². The molecule has 2 aromatic rings. The van der Waals surface area contributed by atoms with Gasteiger partial charge < -0.3 is 9.26 Å². The zero-order chi connectivity index (χ0) is 11.9. The highest BCUT2D eigenvalue weighted by molar-refractivity contribution is 5.85. The zero-order valence-corrected chi connectivity index (χ0v) is 9.01. The monoisotopic (exact) mass is 235 g/mol. The lowest BCUT2D eigenvalue weighted by molar-refractivity contribution is -0.144. The number of H-pyrrole nitrogens is 1. The fraction of sp³-hybridized carbons (Fsp3) is 0.444. The van der Waals surface area contributed by atoms with E-state index in [2.05, 4.69) is 25.6 Å². The van der Waals surface area contributed by atoms with Crippen molar-refractivity contribution in [1.29, 1.82) is 0 Å². The Labute approximate surface area is 95.4 Å². The predicted octanol–water partition coefficient (Wildman–Crippen LogP) is 0.0593. The van der Waals surface area contributed by atoms with Crippen molar-refractivity contribution < 1.29 is 14.1 Å². The lowest BCUT2D eigenvalue weighted by Crippen LogP contribution is -2.22. The topological polar surface area (TPSA) is 107 Å². The number of carbonyl (C=O) groups excluding carboxylic acids is 1. The van der Waals surface area contributed by atoms with E-state index in [-0.39, 0.29) is 11.9 Å². The molecule has 0 unspecified atom stereocenters. The quantitative estimate of drug-likeness (QED) is 0.749. The number of aromatic amines is 1. The molecule has 0 aliphatic heterocycles. The Balaban J connectivity index is 1.94. The van der Waals surface area contributed by atoms with Crippen LogP contribution in [0.1, 0.15) is 18.7 Å². The molecule has 2 heterocycles. The van der Waals surface area contributed by atoms with Gasteiger partial charge in [0, 0.05) is 0 Å². The van der Waals surface area contributed by atoms with Gasteiger partial charge in [-0.05, 0) is 12.8 Å². The molecule has 1 aliphatic rings. The Morgan fingerprint density at radius 3 is 3.00 bits per heavy atom. The van der Waals surface area contributed by atoms with E-state index in [9.17, 15) is 4.79 Å². The van der Waals surface area contributed by atoms with Crippen LogP contribution in [0.25, 0.3) is 11.5 Å². The molecular formula is C9H9N5O3. The molecule has 17 heavy (non-hydrogen) atoms. The van der Waals surface area contributed by atoms with Crippen molar-refractivity contribution in [2.24, 2.45) is 0 Å². The molecule has 8 heteroatoms. The minimum atomic E-state index is -0.746. The van der Waals surface area contributed by atoms with Crippen LogP contribution in [0.15, 0.2) is 10.7 Å². The second-order valence-electron chi connectivity index (χ2n) is 3.85. The first-order chi connectivity index (χ1) is 8.26. The summed E-state index contributed by atoms with van der Waals surface area (Å²) in [6.45, 7) is 0. The van der Waals surface area contributed by atoms with Crippen molar-refractivity contribution in [2.45, 2.75) is 18.3 Å². The van der Waals surface area contributed by atoms with Gasteiger partial charge in [-0.15, -0.1) is 0 Å².